The van der Waals surface area contributed by atoms with Crippen molar-refractivity contribution in [2.45, 2.75) is 6.42 Å². The highest BCUT2D eigenvalue weighted by Crippen LogP contribution is 2.26. The van der Waals surface area contributed by atoms with Crippen LogP contribution in [0.4, 0.5) is 5.82 Å². The standard InChI is InChI=1S/C18H16N6O4/c25-12-6-11(17(26)22-15-2-3-21-23-15)7-13(8-12)28-16-10-19-14(9-20-16)18(27)24-4-1-5-24/h2-3,6-10,25H,1,4-5H2,(H2,21,22,23,26). The monoisotopic (exact) mass is 380 g/mol. The van der Waals surface area contributed by atoms with E-state index in [1.807, 2.05) is 0 Å². The van der Waals surface area contributed by atoms with E-state index in [4.69, 9.17) is 4.74 Å². The number of benzene rings is 1. The molecular weight excluding hydrogens is 364 g/mol. The Bertz CT molecular complexity index is 999. The van der Waals surface area contributed by atoms with E-state index in [1.54, 1.807) is 17.2 Å². The molecule has 10 nitrogen and oxygen atoms in total. The lowest BCUT2D eigenvalue weighted by molar-refractivity contribution is 0.0645. The first kappa shape index (κ1) is 17.5. The summed E-state index contributed by atoms with van der Waals surface area (Å²) < 4.78 is 5.56. The van der Waals surface area contributed by atoms with Gasteiger partial charge in [-0.2, -0.15) is 5.10 Å². The summed E-state index contributed by atoms with van der Waals surface area (Å²) in [6.45, 7) is 1.45. The smallest absolute Gasteiger partial charge is 0.274 e. The Morgan fingerprint density at radius 3 is 2.68 bits per heavy atom. The summed E-state index contributed by atoms with van der Waals surface area (Å²) >= 11 is 0. The number of phenols is 1. The number of rotatable bonds is 5. The van der Waals surface area contributed by atoms with Gasteiger partial charge in [0.2, 0.25) is 5.88 Å². The van der Waals surface area contributed by atoms with E-state index < -0.39 is 5.91 Å². The number of nitrogens with zero attached hydrogens (tertiary/aromatic N) is 4. The van der Waals surface area contributed by atoms with Gasteiger partial charge in [-0.25, -0.2) is 9.97 Å². The number of aromatic amines is 1. The van der Waals surface area contributed by atoms with E-state index in [0.717, 1.165) is 19.5 Å². The molecule has 142 valence electrons. The number of ether oxygens (including phenoxy) is 1. The number of carbonyl (C=O) groups is 2. The molecule has 0 spiro atoms. The van der Waals surface area contributed by atoms with Gasteiger partial charge in [0.1, 0.15) is 17.2 Å². The molecule has 28 heavy (non-hydrogen) atoms. The van der Waals surface area contributed by atoms with Crippen LogP contribution >= 0.6 is 0 Å². The van der Waals surface area contributed by atoms with E-state index in [2.05, 4.69) is 25.5 Å². The minimum Gasteiger partial charge on any atom is -0.508 e. The second-order valence-electron chi connectivity index (χ2n) is 6.12. The highest BCUT2D eigenvalue weighted by atomic mass is 16.5. The maximum atomic E-state index is 12.3. The molecule has 0 radical (unpaired) electrons. The fraction of sp³-hybridized carbons (Fsp3) is 0.167. The number of phenolic OH excluding ortho intramolecular Hbond substituents is 1. The molecule has 1 saturated heterocycles. The van der Waals surface area contributed by atoms with Crippen molar-refractivity contribution in [2.75, 3.05) is 18.4 Å². The first-order chi connectivity index (χ1) is 13.6. The largest absolute Gasteiger partial charge is 0.508 e. The average molecular weight is 380 g/mol. The Hall–Kier alpha value is -3.95. The number of anilines is 1. The van der Waals surface area contributed by atoms with Crippen LogP contribution in [0.15, 0.2) is 42.9 Å². The van der Waals surface area contributed by atoms with E-state index in [0.29, 0.717) is 5.82 Å². The Morgan fingerprint density at radius 2 is 2.04 bits per heavy atom. The molecule has 1 aliphatic rings. The van der Waals surface area contributed by atoms with Gasteiger partial charge < -0.3 is 20.1 Å². The summed E-state index contributed by atoms with van der Waals surface area (Å²) in [5.41, 5.74) is 0.414. The van der Waals surface area contributed by atoms with Crippen LogP contribution in [0.25, 0.3) is 0 Å². The van der Waals surface area contributed by atoms with Gasteiger partial charge in [-0.3, -0.25) is 14.7 Å². The van der Waals surface area contributed by atoms with Crippen molar-refractivity contribution in [3.05, 3.63) is 54.1 Å². The SMILES string of the molecule is O=C(Nc1cc[nH]n1)c1cc(O)cc(Oc2cnc(C(=O)N3CCC3)cn2)c1. The van der Waals surface area contributed by atoms with Crippen molar-refractivity contribution in [2.24, 2.45) is 0 Å². The van der Waals surface area contributed by atoms with Crippen LogP contribution in [0.2, 0.25) is 0 Å². The lowest BCUT2D eigenvalue weighted by atomic mass is 10.2. The lowest BCUT2D eigenvalue weighted by Gasteiger charge is -2.30. The number of aromatic hydroxyl groups is 1. The molecular formula is C18H16N6O4. The van der Waals surface area contributed by atoms with Crippen LogP contribution in [-0.4, -0.2) is 55.1 Å². The van der Waals surface area contributed by atoms with E-state index in [1.165, 1.54) is 30.6 Å². The zero-order chi connectivity index (χ0) is 19.5. The Balaban J connectivity index is 1.47. The van der Waals surface area contributed by atoms with E-state index in [-0.39, 0.29) is 34.5 Å². The lowest BCUT2D eigenvalue weighted by Crippen LogP contribution is -2.42. The fourth-order valence-corrected chi connectivity index (χ4v) is 2.57. The molecule has 3 aromatic rings. The van der Waals surface area contributed by atoms with Crippen LogP contribution in [0.3, 0.4) is 0 Å². The number of carbonyl (C=O) groups excluding carboxylic acids is 2. The number of amides is 2. The molecule has 2 amide bonds. The van der Waals surface area contributed by atoms with Crippen LogP contribution in [-0.2, 0) is 0 Å². The number of likely N-dealkylation sites (tertiary alicyclic amines) is 1. The minimum absolute atomic E-state index is 0.129. The normalized spacial score (nSPS) is 12.9. The maximum Gasteiger partial charge on any atom is 0.274 e. The summed E-state index contributed by atoms with van der Waals surface area (Å²) in [7, 11) is 0. The van der Waals surface area contributed by atoms with Gasteiger partial charge in [0.05, 0.1) is 12.4 Å². The van der Waals surface area contributed by atoms with Crippen LogP contribution in [0.5, 0.6) is 17.4 Å². The number of aromatic nitrogens is 4. The molecule has 0 atom stereocenters. The summed E-state index contributed by atoms with van der Waals surface area (Å²) in [6, 6.07) is 5.68. The van der Waals surface area contributed by atoms with Gasteiger partial charge in [0, 0.05) is 37.0 Å². The van der Waals surface area contributed by atoms with Gasteiger partial charge in [-0.1, -0.05) is 0 Å². The molecule has 1 aliphatic heterocycles. The minimum atomic E-state index is -0.463. The van der Waals surface area contributed by atoms with E-state index >= 15 is 0 Å². The van der Waals surface area contributed by atoms with E-state index in [9.17, 15) is 14.7 Å². The topological polar surface area (TPSA) is 133 Å². The highest BCUT2D eigenvalue weighted by Gasteiger charge is 2.23. The number of hydrogen-bond donors (Lipinski definition) is 3. The number of hydrogen-bond acceptors (Lipinski definition) is 7. The quantitative estimate of drug-likeness (QED) is 0.614. The van der Waals surface area contributed by atoms with Crippen molar-refractivity contribution >= 4 is 17.6 Å². The Kier molecular flexibility index (Phi) is 4.58. The van der Waals surface area contributed by atoms with Crippen molar-refractivity contribution in [3.8, 4) is 17.4 Å². The molecule has 2 aromatic heterocycles. The molecule has 1 fully saturated rings. The van der Waals surface area contributed by atoms with Crippen LogP contribution < -0.4 is 10.1 Å². The Labute approximate surface area is 159 Å². The Morgan fingerprint density at radius 1 is 1.18 bits per heavy atom. The second kappa shape index (κ2) is 7.35. The molecule has 4 rings (SSSR count). The van der Waals surface area contributed by atoms with Gasteiger partial charge in [0.15, 0.2) is 5.82 Å². The summed E-state index contributed by atoms with van der Waals surface area (Å²) in [6.07, 6.45) is 5.22. The zero-order valence-corrected chi connectivity index (χ0v) is 14.6. The van der Waals surface area contributed by atoms with Gasteiger partial charge in [-0.15, -0.1) is 0 Å². The first-order valence-electron chi connectivity index (χ1n) is 8.53. The fourth-order valence-electron chi connectivity index (χ4n) is 2.57. The van der Waals surface area contributed by atoms with Crippen LogP contribution in [0, 0.1) is 0 Å². The average Bonchev–Trinajstić information content (AvgIpc) is 3.13. The zero-order valence-electron chi connectivity index (χ0n) is 14.6. The predicted molar refractivity (Wildman–Crippen MR) is 97.3 cm³/mol. The molecule has 0 aliphatic carbocycles. The third kappa shape index (κ3) is 3.75. The predicted octanol–water partition coefficient (Wildman–Crippen LogP) is 1.80. The summed E-state index contributed by atoms with van der Waals surface area (Å²) in [5.74, 6) is -0.103. The number of nitrogens with one attached hydrogen (secondary N) is 2. The van der Waals surface area contributed by atoms with Crippen molar-refractivity contribution in [3.63, 3.8) is 0 Å². The number of H-pyrrole nitrogens is 1. The third-order valence-electron chi connectivity index (χ3n) is 4.11. The van der Waals surface area contributed by atoms with Gasteiger partial charge in [0.25, 0.3) is 11.8 Å². The van der Waals surface area contributed by atoms with Crippen LogP contribution in [0.1, 0.15) is 27.3 Å². The molecule has 3 N–H and O–H groups in total. The third-order valence-corrected chi connectivity index (χ3v) is 4.11. The van der Waals surface area contributed by atoms with Crippen molar-refractivity contribution in [1.29, 1.82) is 0 Å². The molecule has 0 saturated carbocycles. The maximum absolute atomic E-state index is 12.3. The van der Waals surface area contributed by atoms with Gasteiger partial charge >= 0.3 is 0 Å². The molecule has 3 heterocycles. The van der Waals surface area contributed by atoms with Gasteiger partial charge in [-0.05, 0) is 18.6 Å². The van der Waals surface area contributed by atoms with Crippen molar-refractivity contribution in [1.82, 2.24) is 25.1 Å². The molecule has 1 aromatic carbocycles. The summed E-state index contributed by atoms with van der Waals surface area (Å²) in [5, 5.41) is 18.9. The second-order valence-corrected chi connectivity index (χ2v) is 6.12. The van der Waals surface area contributed by atoms with Crippen molar-refractivity contribution < 1.29 is 19.4 Å². The molecule has 0 unspecified atom stereocenters. The summed E-state index contributed by atoms with van der Waals surface area (Å²) in [4.78, 5) is 34.2. The first-order valence-corrected chi connectivity index (χ1v) is 8.53. The highest BCUT2D eigenvalue weighted by molar-refractivity contribution is 6.04. The molecule has 10 heteroatoms. The molecule has 0 bridgehead atoms.